The average Bonchev–Trinajstić information content (AvgIpc) is 2.14. The molecule has 46 valence electrons. The molecule has 1 aliphatic rings. The zero-order valence-electron chi connectivity index (χ0n) is 5.02. The molecule has 1 heterocycles. The first-order chi connectivity index (χ1) is 3.84. The predicted molar refractivity (Wildman–Crippen MR) is 29.4 cm³/mol. The first kappa shape index (κ1) is 5.60. The minimum Gasteiger partial charge on any atom is -0.465 e. The van der Waals surface area contributed by atoms with Crippen LogP contribution in [0.2, 0.25) is 0 Å². The molecule has 1 saturated heterocycles. The first-order valence-electron chi connectivity index (χ1n) is 3.01. The van der Waals surface area contributed by atoms with Crippen LogP contribution in [-0.2, 0) is 9.53 Å². The van der Waals surface area contributed by atoms with Crippen molar-refractivity contribution in [3.63, 3.8) is 0 Å². The van der Waals surface area contributed by atoms with Gasteiger partial charge in [-0.25, -0.2) is 0 Å². The number of carbonyl (C=O) groups is 1. The summed E-state index contributed by atoms with van der Waals surface area (Å²) in [5.41, 5.74) is 0. The summed E-state index contributed by atoms with van der Waals surface area (Å²) >= 11 is 0. The Hall–Kier alpha value is -0.530. The molecule has 2 nitrogen and oxygen atoms in total. The Bertz CT molecular complexity index is 98.7. The highest BCUT2D eigenvalue weighted by molar-refractivity contribution is 5.73. The molecule has 1 rings (SSSR count). The van der Waals surface area contributed by atoms with E-state index in [1.807, 2.05) is 6.92 Å². The lowest BCUT2D eigenvalue weighted by atomic mass is 10.1. The van der Waals surface area contributed by atoms with E-state index in [1.165, 1.54) is 0 Å². The lowest BCUT2D eigenvalue weighted by Crippen LogP contribution is -2.04. The van der Waals surface area contributed by atoms with Crippen LogP contribution in [-0.4, -0.2) is 12.6 Å². The number of rotatable bonds is 1. The van der Waals surface area contributed by atoms with E-state index in [4.69, 9.17) is 4.74 Å². The fourth-order valence-corrected chi connectivity index (χ4v) is 0.908. The Balaban J connectivity index is 2.42. The highest BCUT2D eigenvalue weighted by Gasteiger charge is 2.23. The van der Waals surface area contributed by atoms with Crippen molar-refractivity contribution in [2.75, 3.05) is 6.61 Å². The molecule has 0 unspecified atom stereocenters. The minimum absolute atomic E-state index is 0.00694. The molecule has 1 aliphatic heterocycles. The molecule has 8 heavy (non-hydrogen) atoms. The first-order valence-corrected chi connectivity index (χ1v) is 3.01. The van der Waals surface area contributed by atoms with E-state index in [0.29, 0.717) is 6.61 Å². The van der Waals surface area contributed by atoms with Crippen molar-refractivity contribution >= 4 is 5.97 Å². The Morgan fingerprint density at radius 1 is 1.88 bits per heavy atom. The molecule has 0 aromatic rings. The van der Waals surface area contributed by atoms with Gasteiger partial charge in [0, 0.05) is 0 Å². The van der Waals surface area contributed by atoms with Crippen LogP contribution in [0.25, 0.3) is 0 Å². The van der Waals surface area contributed by atoms with Crippen molar-refractivity contribution in [1.82, 2.24) is 0 Å². The number of esters is 1. The summed E-state index contributed by atoms with van der Waals surface area (Å²) in [6, 6.07) is 0. The van der Waals surface area contributed by atoms with Crippen LogP contribution in [0.5, 0.6) is 0 Å². The van der Waals surface area contributed by atoms with Gasteiger partial charge in [-0.05, 0) is 12.8 Å². The van der Waals surface area contributed by atoms with Crippen molar-refractivity contribution in [2.45, 2.75) is 19.8 Å². The van der Waals surface area contributed by atoms with Gasteiger partial charge >= 0.3 is 5.97 Å². The average molecular weight is 114 g/mol. The molecular weight excluding hydrogens is 104 g/mol. The summed E-state index contributed by atoms with van der Waals surface area (Å²) in [5.74, 6) is 0.197. The number of cyclic esters (lactones) is 1. The summed E-state index contributed by atoms with van der Waals surface area (Å²) < 4.78 is 4.72. The fourth-order valence-electron chi connectivity index (χ4n) is 0.908. The number of ether oxygens (including phenoxy) is 1. The van der Waals surface area contributed by atoms with Crippen LogP contribution in [0, 0.1) is 5.92 Å². The molecule has 0 aromatic carbocycles. The van der Waals surface area contributed by atoms with Gasteiger partial charge in [-0.15, -0.1) is 0 Å². The zero-order chi connectivity index (χ0) is 5.98. The maximum absolute atomic E-state index is 10.6. The molecule has 0 aliphatic carbocycles. The van der Waals surface area contributed by atoms with E-state index in [-0.39, 0.29) is 11.9 Å². The van der Waals surface area contributed by atoms with Crippen LogP contribution in [0.15, 0.2) is 0 Å². The molecule has 0 amide bonds. The van der Waals surface area contributed by atoms with Crippen LogP contribution in [0.3, 0.4) is 0 Å². The van der Waals surface area contributed by atoms with E-state index in [0.717, 1.165) is 12.8 Å². The maximum Gasteiger partial charge on any atom is 0.309 e. The topological polar surface area (TPSA) is 26.3 Å². The smallest absolute Gasteiger partial charge is 0.309 e. The van der Waals surface area contributed by atoms with Crippen molar-refractivity contribution in [2.24, 2.45) is 5.92 Å². The largest absolute Gasteiger partial charge is 0.465 e. The molecular formula is C6H10O2. The summed E-state index contributed by atoms with van der Waals surface area (Å²) in [5, 5.41) is 0. The van der Waals surface area contributed by atoms with Crippen LogP contribution >= 0.6 is 0 Å². The number of hydrogen-bond acceptors (Lipinski definition) is 2. The van der Waals surface area contributed by atoms with Gasteiger partial charge in [0.05, 0.1) is 12.5 Å². The standard InChI is InChI=1S/C6H10O2/c1-2-5-3-4-8-6(5)7/h5H,2-4H2,1H3/t5-/m1/s1. The molecule has 0 bridgehead atoms. The predicted octanol–water partition coefficient (Wildman–Crippen LogP) is 0.960. The van der Waals surface area contributed by atoms with Crippen molar-refractivity contribution in [3.05, 3.63) is 0 Å². The molecule has 0 N–H and O–H groups in total. The van der Waals surface area contributed by atoms with Crippen LogP contribution in [0.4, 0.5) is 0 Å². The van der Waals surface area contributed by atoms with Gasteiger partial charge in [-0.2, -0.15) is 0 Å². The third kappa shape index (κ3) is 0.831. The van der Waals surface area contributed by atoms with E-state index >= 15 is 0 Å². The zero-order valence-corrected chi connectivity index (χ0v) is 5.02. The van der Waals surface area contributed by atoms with Gasteiger partial charge in [0.15, 0.2) is 0 Å². The fraction of sp³-hybridized carbons (Fsp3) is 0.833. The van der Waals surface area contributed by atoms with Gasteiger partial charge in [-0.1, -0.05) is 6.92 Å². The highest BCUT2D eigenvalue weighted by atomic mass is 16.5. The van der Waals surface area contributed by atoms with Gasteiger partial charge in [-0.3, -0.25) is 4.79 Å². The lowest BCUT2D eigenvalue weighted by molar-refractivity contribution is -0.141. The van der Waals surface area contributed by atoms with E-state index in [1.54, 1.807) is 0 Å². The molecule has 0 radical (unpaired) electrons. The van der Waals surface area contributed by atoms with Crippen molar-refractivity contribution < 1.29 is 9.53 Å². The lowest BCUT2D eigenvalue weighted by Gasteiger charge is -1.95. The molecule has 1 fully saturated rings. The highest BCUT2D eigenvalue weighted by Crippen LogP contribution is 2.16. The Morgan fingerprint density at radius 2 is 2.62 bits per heavy atom. The second-order valence-electron chi connectivity index (χ2n) is 2.06. The number of hydrogen-bond donors (Lipinski definition) is 0. The second kappa shape index (κ2) is 2.16. The summed E-state index contributed by atoms with van der Waals surface area (Å²) in [6.07, 6.45) is 1.86. The maximum atomic E-state index is 10.6. The van der Waals surface area contributed by atoms with E-state index in [9.17, 15) is 4.79 Å². The van der Waals surface area contributed by atoms with Gasteiger partial charge in [0.2, 0.25) is 0 Å². The summed E-state index contributed by atoms with van der Waals surface area (Å²) in [4.78, 5) is 10.6. The van der Waals surface area contributed by atoms with E-state index < -0.39 is 0 Å². The SMILES string of the molecule is CC[C@@H]1CCOC1=O. The van der Waals surface area contributed by atoms with Gasteiger partial charge in [0.1, 0.15) is 0 Å². The summed E-state index contributed by atoms with van der Waals surface area (Å²) in [6.45, 7) is 2.65. The van der Waals surface area contributed by atoms with Crippen LogP contribution < -0.4 is 0 Å². The van der Waals surface area contributed by atoms with Gasteiger partial charge < -0.3 is 4.74 Å². The normalized spacial score (nSPS) is 28.1. The number of carbonyl (C=O) groups excluding carboxylic acids is 1. The molecule has 2 heteroatoms. The summed E-state index contributed by atoms with van der Waals surface area (Å²) in [7, 11) is 0. The monoisotopic (exact) mass is 114 g/mol. The van der Waals surface area contributed by atoms with Gasteiger partial charge in [0.25, 0.3) is 0 Å². The third-order valence-electron chi connectivity index (χ3n) is 1.54. The molecule has 0 saturated carbocycles. The quantitative estimate of drug-likeness (QED) is 0.474. The Morgan fingerprint density at radius 3 is 2.88 bits per heavy atom. The third-order valence-corrected chi connectivity index (χ3v) is 1.54. The van der Waals surface area contributed by atoms with Crippen molar-refractivity contribution in [3.8, 4) is 0 Å². The Kier molecular flexibility index (Phi) is 1.51. The van der Waals surface area contributed by atoms with Crippen molar-refractivity contribution in [1.29, 1.82) is 0 Å². The van der Waals surface area contributed by atoms with E-state index in [2.05, 4.69) is 0 Å². The molecule has 0 spiro atoms. The molecule has 0 aromatic heterocycles. The minimum atomic E-state index is -0.00694. The van der Waals surface area contributed by atoms with Crippen LogP contribution in [0.1, 0.15) is 19.8 Å². The Labute approximate surface area is 48.8 Å². The molecule has 1 atom stereocenters. The second-order valence-corrected chi connectivity index (χ2v) is 2.06.